The molecule has 0 saturated carbocycles. The van der Waals surface area contributed by atoms with E-state index >= 15 is 0 Å². The van der Waals surface area contributed by atoms with Gasteiger partial charge >= 0.3 is 0 Å². The van der Waals surface area contributed by atoms with Crippen LogP contribution in [0.3, 0.4) is 0 Å². The number of nitrogens with zero attached hydrogens (tertiary/aromatic N) is 1. The van der Waals surface area contributed by atoms with Crippen LogP contribution in [0.1, 0.15) is 5.56 Å². The summed E-state index contributed by atoms with van der Waals surface area (Å²) in [6.07, 6.45) is 1.45. The average molecular weight is 390 g/mol. The smallest absolute Gasteiger partial charge is 0.265 e. The Morgan fingerprint density at radius 1 is 1.43 bits per heavy atom. The molecular formula is C13H10BrClN2O3S. The normalized spacial score (nSPS) is 17.2. The van der Waals surface area contributed by atoms with Crippen molar-refractivity contribution >= 4 is 62.8 Å². The zero-order valence-corrected chi connectivity index (χ0v) is 14.2. The van der Waals surface area contributed by atoms with E-state index in [4.69, 9.17) is 28.6 Å². The Bertz CT molecular complexity index is 667. The molecule has 0 bridgehead atoms. The molecule has 1 saturated heterocycles. The number of rotatable bonds is 2. The fourth-order valence-electron chi connectivity index (χ4n) is 1.77. The monoisotopic (exact) mass is 388 g/mol. The molecule has 2 rings (SSSR count). The number of carbonyl (C=O) groups is 2. The summed E-state index contributed by atoms with van der Waals surface area (Å²) < 4.78 is 5.75. The van der Waals surface area contributed by atoms with Gasteiger partial charge in [-0.2, -0.15) is 0 Å². The molecule has 0 unspecified atom stereocenters. The van der Waals surface area contributed by atoms with Gasteiger partial charge in [0.2, 0.25) is 0 Å². The highest BCUT2D eigenvalue weighted by molar-refractivity contribution is 9.10. The molecule has 0 atom stereocenters. The molecule has 1 heterocycles. The predicted octanol–water partition coefficient (Wildman–Crippen LogP) is 2.37. The molecule has 0 aromatic heterocycles. The van der Waals surface area contributed by atoms with Crippen molar-refractivity contribution in [3.05, 3.63) is 32.8 Å². The van der Waals surface area contributed by atoms with Crippen LogP contribution in [0.2, 0.25) is 5.02 Å². The second kappa shape index (κ2) is 6.13. The number of halogens is 2. The molecule has 1 aliphatic rings. The SMILES string of the molecule is COc1c(Cl)cc(C=C2C(=O)NC(=S)N(C)C2=O)cc1Br. The van der Waals surface area contributed by atoms with Gasteiger partial charge in [0.05, 0.1) is 16.6 Å². The summed E-state index contributed by atoms with van der Waals surface area (Å²) in [6.45, 7) is 0. The van der Waals surface area contributed by atoms with Crippen LogP contribution >= 0.6 is 39.7 Å². The summed E-state index contributed by atoms with van der Waals surface area (Å²) in [5.74, 6) is -0.519. The molecule has 21 heavy (non-hydrogen) atoms. The number of hydrogen-bond acceptors (Lipinski definition) is 4. The van der Waals surface area contributed by atoms with Gasteiger partial charge in [-0.05, 0) is 51.9 Å². The Balaban J connectivity index is 2.46. The van der Waals surface area contributed by atoms with Gasteiger partial charge in [-0.3, -0.25) is 19.8 Å². The summed E-state index contributed by atoms with van der Waals surface area (Å²) in [4.78, 5) is 25.2. The molecule has 8 heteroatoms. The van der Waals surface area contributed by atoms with E-state index in [2.05, 4.69) is 21.2 Å². The van der Waals surface area contributed by atoms with Crippen LogP contribution in [0.4, 0.5) is 0 Å². The molecule has 110 valence electrons. The van der Waals surface area contributed by atoms with Crippen LogP contribution in [0, 0.1) is 0 Å². The van der Waals surface area contributed by atoms with Crippen LogP contribution in [0.15, 0.2) is 22.2 Å². The van der Waals surface area contributed by atoms with Gasteiger partial charge in [0, 0.05) is 7.05 Å². The van der Waals surface area contributed by atoms with Gasteiger partial charge in [-0.25, -0.2) is 0 Å². The maximum atomic E-state index is 12.1. The highest BCUT2D eigenvalue weighted by atomic mass is 79.9. The molecule has 0 aliphatic carbocycles. The van der Waals surface area contributed by atoms with Crippen LogP contribution in [-0.4, -0.2) is 36.0 Å². The van der Waals surface area contributed by atoms with Gasteiger partial charge in [0.1, 0.15) is 5.57 Å². The van der Waals surface area contributed by atoms with Crippen molar-refractivity contribution in [1.82, 2.24) is 10.2 Å². The summed E-state index contributed by atoms with van der Waals surface area (Å²) >= 11 is 14.3. The number of nitrogens with one attached hydrogen (secondary N) is 1. The highest BCUT2D eigenvalue weighted by Gasteiger charge is 2.30. The summed E-state index contributed by atoms with van der Waals surface area (Å²) in [7, 11) is 2.99. The first-order valence-corrected chi connectivity index (χ1v) is 7.31. The third-order valence-corrected chi connectivity index (χ3v) is 4.09. The van der Waals surface area contributed by atoms with Gasteiger partial charge in [-0.15, -0.1) is 0 Å². The maximum absolute atomic E-state index is 12.1. The van der Waals surface area contributed by atoms with E-state index in [0.717, 1.165) is 0 Å². The quantitative estimate of drug-likeness (QED) is 0.479. The number of thiocarbonyl (C=S) groups is 1. The number of amides is 2. The standard InChI is InChI=1S/C13H10BrClN2O3S/c1-17-12(19)7(11(18)16-13(17)21)3-6-4-8(14)10(20-2)9(15)5-6/h3-5H,1-2H3,(H,16,18,21). The maximum Gasteiger partial charge on any atom is 0.265 e. The molecule has 1 N–H and O–H groups in total. The summed E-state index contributed by atoms with van der Waals surface area (Å²) in [6, 6.07) is 3.30. The van der Waals surface area contributed by atoms with Gasteiger partial charge in [0.25, 0.3) is 11.8 Å². The number of hydrogen-bond donors (Lipinski definition) is 1. The van der Waals surface area contributed by atoms with E-state index in [-0.39, 0.29) is 10.7 Å². The molecule has 1 aromatic carbocycles. The van der Waals surface area contributed by atoms with Crippen molar-refractivity contribution in [3.8, 4) is 5.75 Å². The van der Waals surface area contributed by atoms with Gasteiger partial charge < -0.3 is 4.74 Å². The van der Waals surface area contributed by atoms with Crippen molar-refractivity contribution in [2.45, 2.75) is 0 Å². The topological polar surface area (TPSA) is 58.6 Å². The zero-order chi connectivity index (χ0) is 15.7. The lowest BCUT2D eigenvalue weighted by Gasteiger charge is -2.25. The minimum absolute atomic E-state index is 0.0146. The van der Waals surface area contributed by atoms with Crippen molar-refractivity contribution < 1.29 is 14.3 Å². The molecule has 5 nitrogen and oxygen atoms in total. The molecular weight excluding hydrogens is 380 g/mol. The van der Waals surface area contributed by atoms with Gasteiger partial charge in [-0.1, -0.05) is 11.6 Å². The Morgan fingerprint density at radius 2 is 2.10 bits per heavy atom. The molecule has 0 radical (unpaired) electrons. The Morgan fingerprint density at radius 3 is 2.67 bits per heavy atom. The van der Waals surface area contributed by atoms with E-state index < -0.39 is 11.8 Å². The molecule has 1 fully saturated rings. The first-order valence-electron chi connectivity index (χ1n) is 5.73. The van der Waals surface area contributed by atoms with E-state index in [1.54, 1.807) is 12.1 Å². The van der Waals surface area contributed by atoms with E-state index in [1.165, 1.54) is 25.1 Å². The van der Waals surface area contributed by atoms with Crippen molar-refractivity contribution in [2.75, 3.05) is 14.2 Å². The Labute approximate surface area is 140 Å². The lowest BCUT2D eigenvalue weighted by atomic mass is 10.1. The highest BCUT2D eigenvalue weighted by Crippen LogP contribution is 2.34. The lowest BCUT2D eigenvalue weighted by Crippen LogP contribution is -2.52. The largest absolute Gasteiger partial charge is 0.494 e. The van der Waals surface area contributed by atoms with E-state index in [1.807, 2.05) is 0 Å². The summed E-state index contributed by atoms with van der Waals surface area (Å²) in [5, 5.41) is 2.89. The minimum Gasteiger partial charge on any atom is -0.494 e. The second-order valence-electron chi connectivity index (χ2n) is 4.20. The van der Waals surface area contributed by atoms with Crippen LogP contribution < -0.4 is 10.1 Å². The molecule has 1 aliphatic heterocycles. The fraction of sp³-hybridized carbons (Fsp3) is 0.154. The number of likely N-dealkylation sites (N-methyl/N-ethyl adjacent to an activating group) is 1. The zero-order valence-electron chi connectivity index (χ0n) is 11.1. The Hall–Kier alpha value is -1.44. The summed E-state index contributed by atoms with van der Waals surface area (Å²) in [5.41, 5.74) is 0.576. The lowest BCUT2D eigenvalue weighted by molar-refractivity contribution is -0.128. The van der Waals surface area contributed by atoms with E-state index in [9.17, 15) is 9.59 Å². The predicted molar refractivity (Wildman–Crippen MR) is 87.2 cm³/mol. The first kappa shape index (κ1) is 15.9. The third kappa shape index (κ3) is 3.09. The minimum atomic E-state index is -0.536. The molecule has 2 amide bonds. The Kier molecular flexibility index (Phi) is 4.65. The second-order valence-corrected chi connectivity index (χ2v) is 5.85. The number of carbonyl (C=O) groups excluding carboxylic acids is 2. The third-order valence-electron chi connectivity index (χ3n) is 2.84. The number of methoxy groups -OCH3 is 1. The number of ether oxygens (including phenoxy) is 1. The van der Waals surface area contributed by atoms with Crippen molar-refractivity contribution in [3.63, 3.8) is 0 Å². The molecule has 1 aromatic rings. The van der Waals surface area contributed by atoms with Crippen LogP contribution in [-0.2, 0) is 9.59 Å². The first-order chi connectivity index (χ1) is 9.85. The van der Waals surface area contributed by atoms with Crippen molar-refractivity contribution in [2.24, 2.45) is 0 Å². The molecule has 0 spiro atoms. The van der Waals surface area contributed by atoms with E-state index in [0.29, 0.717) is 20.8 Å². The number of benzene rings is 1. The van der Waals surface area contributed by atoms with Crippen LogP contribution in [0.25, 0.3) is 6.08 Å². The van der Waals surface area contributed by atoms with Gasteiger partial charge in [0.15, 0.2) is 10.9 Å². The van der Waals surface area contributed by atoms with Crippen LogP contribution in [0.5, 0.6) is 5.75 Å². The average Bonchev–Trinajstić information content (AvgIpc) is 2.41. The fourth-order valence-corrected chi connectivity index (χ4v) is 3.00. The van der Waals surface area contributed by atoms with Crippen molar-refractivity contribution in [1.29, 1.82) is 0 Å².